The maximum atomic E-state index is 11.3. The number of hydrogen-bond acceptors (Lipinski definition) is 4. The van der Waals surface area contributed by atoms with Crippen molar-refractivity contribution < 1.29 is 9.53 Å². The van der Waals surface area contributed by atoms with Crippen molar-refractivity contribution in [3.05, 3.63) is 23.9 Å². The number of nitrogens with zero attached hydrogens (tertiary/aromatic N) is 1. The Hall–Kier alpha value is -1.03. The SMILES string of the molecule is CCOC(=O)[C@@H](C)Sc1ccc(C)cn1. The van der Waals surface area contributed by atoms with Gasteiger partial charge in [0.2, 0.25) is 0 Å². The number of ether oxygens (including phenoxy) is 1. The Labute approximate surface area is 94.2 Å². The van der Waals surface area contributed by atoms with Crippen molar-refractivity contribution in [2.45, 2.75) is 31.0 Å². The minimum Gasteiger partial charge on any atom is -0.465 e. The first-order valence-corrected chi connectivity index (χ1v) is 5.77. The normalized spacial score (nSPS) is 12.2. The number of carbonyl (C=O) groups is 1. The van der Waals surface area contributed by atoms with Gasteiger partial charge in [0.25, 0.3) is 0 Å². The molecule has 0 unspecified atom stereocenters. The molecule has 15 heavy (non-hydrogen) atoms. The third-order valence-corrected chi connectivity index (χ3v) is 2.83. The first-order valence-electron chi connectivity index (χ1n) is 4.89. The molecular formula is C11H15NO2S. The number of carbonyl (C=O) groups excluding carboxylic acids is 1. The summed E-state index contributed by atoms with van der Waals surface area (Å²) in [7, 11) is 0. The van der Waals surface area contributed by atoms with Crippen molar-refractivity contribution in [1.29, 1.82) is 0 Å². The van der Waals surface area contributed by atoms with Crippen molar-refractivity contribution in [3.8, 4) is 0 Å². The molecule has 0 aromatic carbocycles. The Bertz CT molecular complexity index is 324. The van der Waals surface area contributed by atoms with Gasteiger partial charge in [-0.05, 0) is 32.4 Å². The smallest absolute Gasteiger partial charge is 0.319 e. The molecule has 0 spiro atoms. The average molecular weight is 225 g/mol. The first kappa shape index (κ1) is 12.0. The van der Waals surface area contributed by atoms with Crippen LogP contribution in [0.15, 0.2) is 23.4 Å². The molecule has 0 fully saturated rings. The second-order valence-electron chi connectivity index (χ2n) is 3.19. The zero-order chi connectivity index (χ0) is 11.3. The highest BCUT2D eigenvalue weighted by atomic mass is 32.2. The Morgan fingerprint density at radius 2 is 2.33 bits per heavy atom. The van der Waals surface area contributed by atoms with Crippen LogP contribution in [0.2, 0.25) is 0 Å². The fourth-order valence-electron chi connectivity index (χ4n) is 1.01. The molecule has 0 bridgehead atoms. The van der Waals surface area contributed by atoms with E-state index in [1.165, 1.54) is 11.8 Å². The van der Waals surface area contributed by atoms with Crippen LogP contribution in [0.3, 0.4) is 0 Å². The van der Waals surface area contributed by atoms with Gasteiger partial charge in [0.15, 0.2) is 0 Å². The highest BCUT2D eigenvalue weighted by Crippen LogP contribution is 2.21. The molecule has 4 heteroatoms. The molecule has 1 atom stereocenters. The van der Waals surface area contributed by atoms with Crippen LogP contribution >= 0.6 is 11.8 Å². The van der Waals surface area contributed by atoms with Gasteiger partial charge >= 0.3 is 5.97 Å². The molecule has 0 radical (unpaired) electrons. The van der Waals surface area contributed by atoms with Crippen LogP contribution in [0.25, 0.3) is 0 Å². The van der Waals surface area contributed by atoms with Gasteiger partial charge in [0, 0.05) is 6.20 Å². The number of esters is 1. The number of pyridine rings is 1. The van der Waals surface area contributed by atoms with Gasteiger partial charge in [-0.15, -0.1) is 0 Å². The van der Waals surface area contributed by atoms with Gasteiger partial charge < -0.3 is 4.74 Å². The standard InChI is InChI=1S/C11H15NO2S/c1-4-14-11(13)9(3)15-10-6-5-8(2)7-12-10/h5-7,9H,4H2,1-3H3/t9-/m1/s1. The summed E-state index contributed by atoms with van der Waals surface area (Å²) in [6, 6.07) is 3.89. The van der Waals surface area contributed by atoms with Crippen LogP contribution in [0.4, 0.5) is 0 Å². The van der Waals surface area contributed by atoms with Crippen LogP contribution in [0, 0.1) is 6.92 Å². The van der Waals surface area contributed by atoms with Gasteiger partial charge in [0.05, 0.1) is 11.6 Å². The molecule has 0 aliphatic heterocycles. The van der Waals surface area contributed by atoms with Crippen molar-refractivity contribution in [3.63, 3.8) is 0 Å². The van der Waals surface area contributed by atoms with Gasteiger partial charge in [0.1, 0.15) is 5.25 Å². The number of thioether (sulfide) groups is 1. The van der Waals surface area contributed by atoms with Crippen LogP contribution in [0.5, 0.6) is 0 Å². The lowest BCUT2D eigenvalue weighted by molar-refractivity contribution is -0.142. The van der Waals surface area contributed by atoms with E-state index in [0.29, 0.717) is 6.61 Å². The Balaban J connectivity index is 2.54. The molecule has 0 amide bonds. The van der Waals surface area contributed by atoms with E-state index in [4.69, 9.17) is 4.74 Å². The Morgan fingerprint density at radius 1 is 1.60 bits per heavy atom. The maximum absolute atomic E-state index is 11.3. The fraction of sp³-hybridized carbons (Fsp3) is 0.455. The number of aromatic nitrogens is 1. The molecule has 1 heterocycles. The van der Waals surface area contributed by atoms with E-state index in [0.717, 1.165) is 10.6 Å². The van der Waals surface area contributed by atoms with E-state index < -0.39 is 0 Å². The zero-order valence-corrected chi connectivity index (χ0v) is 10.0. The first-order chi connectivity index (χ1) is 7.13. The summed E-state index contributed by atoms with van der Waals surface area (Å²) < 4.78 is 4.91. The van der Waals surface area contributed by atoms with E-state index in [1.807, 2.05) is 26.0 Å². The van der Waals surface area contributed by atoms with Crippen molar-refractivity contribution >= 4 is 17.7 Å². The molecule has 0 saturated heterocycles. The number of hydrogen-bond donors (Lipinski definition) is 0. The van der Waals surface area contributed by atoms with E-state index in [2.05, 4.69) is 4.98 Å². The summed E-state index contributed by atoms with van der Waals surface area (Å²) in [5.74, 6) is -0.190. The van der Waals surface area contributed by atoms with Crippen molar-refractivity contribution in [2.24, 2.45) is 0 Å². The lowest BCUT2D eigenvalue weighted by atomic mass is 10.3. The molecule has 1 aromatic heterocycles. The summed E-state index contributed by atoms with van der Waals surface area (Å²) >= 11 is 1.41. The Morgan fingerprint density at radius 3 is 2.87 bits per heavy atom. The summed E-state index contributed by atoms with van der Waals surface area (Å²) in [5.41, 5.74) is 1.11. The second-order valence-corrected chi connectivity index (χ2v) is 4.55. The number of rotatable bonds is 4. The van der Waals surface area contributed by atoms with Crippen LogP contribution in [0.1, 0.15) is 19.4 Å². The molecule has 0 N–H and O–H groups in total. The van der Waals surface area contributed by atoms with Crippen molar-refractivity contribution in [2.75, 3.05) is 6.61 Å². The lowest BCUT2D eigenvalue weighted by Crippen LogP contribution is -2.16. The molecule has 82 valence electrons. The molecule has 3 nitrogen and oxygen atoms in total. The average Bonchev–Trinajstić information content (AvgIpc) is 2.22. The van der Waals surface area contributed by atoms with E-state index in [1.54, 1.807) is 13.1 Å². The molecule has 0 aliphatic carbocycles. The molecule has 1 aromatic rings. The van der Waals surface area contributed by atoms with E-state index >= 15 is 0 Å². The Kier molecular flexibility index (Phi) is 4.62. The summed E-state index contributed by atoms with van der Waals surface area (Å²) in [6.45, 7) is 6.03. The van der Waals surface area contributed by atoms with Gasteiger partial charge in [-0.25, -0.2) is 4.98 Å². The van der Waals surface area contributed by atoms with Crippen LogP contribution < -0.4 is 0 Å². The molecule has 0 aliphatic rings. The summed E-state index contributed by atoms with van der Waals surface area (Å²) in [4.78, 5) is 15.6. The monoisotopic (exact) mass is 225 g/mol. The third kappa shape index (κ3) is 3.91. The third-order valence-electron chi connectivity index (χ3n) is 1.80. The summed E-state index contributed by atoms with van der Waals surface area (Å²) in [5, 5.41) is 0.640. The predicted octanol–water partition coefficient (Wildman–Crippen LogP) is 2.43. The second kappa shape index (κ2) is 5.75. The highest BCUT2D eigenvalue weighted by Gasteiger charge is 2.15. The minimum absolute atomic E-state index is 0.190. The van der Waals surface area contributed by atoms with Crippen LogP contribution in [-0.4, -0.2) is 22.8 Å². The number of aryl methyl sites for hydroxylation is 1. The van der Waals surface area contributed by atoms with E-state index in [-0.39, 0.29) is 11.2 Å². The quantitative estimate of drug-likeness (QED) is 0.583. The van der Waals surface area contributed by atoms with Gasteiger partial charge in [-0.3, -0.25) is 4.79 Å². The van der Waals surface area contributed by atoms with Crippen LogP contribution in [-0.2, 0) is 9.53 Å². The zero-order valence-electron chi connectivity index (χ0n) is 9.19. The lowest BCUT2D eigenvalue weighted by Gasteiger charge is -2.09. The maximum Gasteiger partial charge on any atom is 0.319 e. The minimum atomic E-state index is -0.208. The molecule has 1 rings (SSSR count). The largest absolute Gasteiger partial charge is 0.465 e. The predicted molar refractivity (Wildman–Crippen MR) is 60.9 cm³/mol. The molecular weight excluding hydrogens is 210 g/mol. The van der Waals surface area contributed by atoms with Gasteiger partial charge in [-0.2, -0.15) is 0 Å². The van der Waals surface area contributed by atoms with Gasteiger partial charge in [-0.1, -0.05) is 17.8 Å². The van der Waals surface area contributed by atoms with E-state index in [9.17, 15) is 4.79 Å². The molecule has 0 saturated carbocycles. The van der Waals surface area contributed by atoms with Crippen molar-refractivity contribution in [1.82, 2.24) is 4.98 Å². The topological polar surface area (TPSA) is 39.2 Å². The highest BCUT2D eigenvalue weighted by molar-refractivity contribution is 8.00. The fourth-order valence-corrected chi connectivity index (χ4v) is 1.80. The summed E-state index contributed by atoms with van der Waals surface area (Å²) in [6.07, 6.45) is 1.79.